The Morgan fingerprint density at radius 2 is 1.96 bits per heavy atom. The fourth-order valence-electron chi connectivity index (χ4n) is 4.06. The summed E-state index contributed by atoms with van der Waals surface area (Å²) in [4.78, 5) is 20.3. The Hall–Kier alpha value is -1.69. The van der Waals surface area contributed by atoms with Crippen LogP contribution in [0.15, 0.2) is 40.2 Å². The standard InChI is InChI=1S/C22H34N4OS/c1-23-22(24-14-12-21(27)25-19-8-4-2-5-9-19)26-15-13-18(16-26)17-28-20-10-6-3-7-11-20/h3,6-7,10-11,18-19H,2,4-5,8-9,12-17H2,1H3,(H,23,24)(H,25,27). The highest BCUT2D eigenvalue weighted by atomic mass is 32.2. The second kappa shape index (κ2) is 11.3. The van der Waals surface area contributed by atoms with Crippen molar-refractivity contribution in [1.29, 1.82) is 0 Å². The lowest BCUT2D eigenvalue weighted by Gasteiger charge is -2.24. The summed E-state index contributed by atoms with van der Waals surface area (Å²) < 4.78 is 0. The third kappa shape index (κ3) is 6.73. The maximum atomic E-state index is 12.2. The van der Waals surface area contributed by atoms with Crippen molar-refractivity contribution < 1.29 is 4.79 Å². The van der Waals surface area contributed by atoms with E-state index in [9.17, 15) is 4.79 Å². The number of amides is 1. The van der Waals surface area contributed by atoms with E-state index in [1.54, 1.807) is 0 Å². The van der Waals surface area contributed by atoms with Crippen LogP contribution in [-0.2, 0) is 4.79 Å². The van der Waals surface area contributed by atoms with E-state index in [-0.39, 0.29) is 5.91 Å². The van der Waals surface area contributed by atoms with Crippen LogP contribution < -0.4 is 10.6 Å². The number of aliphatic imine (C=N–C) groups is 1. The predicted octanol–water partition coefficient (Wildman–Crippen LogP) is 3.52. The minimum absolute atomic E-state index is 0.161. The molecule has 1 aromatic rings. The fourth-order valence-corrected chi connectivity index (χ4v) is 5.11. The van der Waals surface area contributed by atoms with Gasteiger partial charge in [-0.3, -0.25) is 9.79 Å². The lowest BCUT2D eigenvalue weighted by Crippen LogP contribution is -2.42. The van der Waals surface area contributed by atoms with Gasteiger partial charge in [-0.1, -0.05) is 37.5 Å². The van der Waals surface area contributed by atoms with Crippen molar-refractivity contribution in [3.63, 3.8) is 0 Å². The molecule has 1 heterocycles. The fraction of sp³-hybridized carbons (Fsp3) is 0.636. The molecule has 0 aromatic heterocycles. The highest BCUT2D eigenvalue weighted by molar-refractivity contribution is 7.99. The molecular formula is C22H34N4OS. The molecule has 3 rings (SSSR count). The molecule has 6 heteroatoms. The summed E-state index contributed by atoms with van der Waals surface area (Å²) in [6, 6.07) is 11.0. The van der Waals surface area contributed by atoms with Crippen LogP contribution in [0.3, 0.4) is 0 Å². The van der Waals surface area contributed by atoms with Crippen molar-refractivity contribution in [2.45, 2.75) is 55.9 Å². The first-order valence-electron chi connectivity index (χ1n) is 10.7. The number of carbonyl (C=O) groups excluding carboxylic acids is 1. The summed E-state index contributed by atoms with van der Waals surface area (Å²) in [6.07, 6.45) is 7.78. The maximum Gasteiger partial charge on any atom is 0.221 e. The average Bonchev–Trinajstić information content (AvgIpc) is 3.20. The van der Waals surface area contributed by atoms with E-state index in [4.69, 9.17) is 0 Å². The number of nitrogens with one attached hydrogen (secondary N) is 2. The third-order valence-corrected chi connectivity index (χ3v) is 6.88. The smallest absolute Gasteiger partial charge is 0.221 e. The van der Waals surface area contributed by atoms with Crippen molar-refractivity contribution in [1.82, 2.24) is 15.5 Å². The molecule has 2 aliphatic rings. The number of likely N-dealkylation sites (tertiary alicyclic amines) is 1. The maximum absolute atomic E-state index is 12.2. The van der Waals surface area contributed by atoms with Gasteiger partial charge in [-0.25, -0.2) is 0 Å². The number of rotatable bonds is 7. The first-order valence-corrected chi connectivity index (χ1v) is 11.7. The van der Waals surface area contributed by atoms with Crippen LogP contribution in [0.5, 0.6) is 0 Å². The van der Waals surface area contributed by atoms with Gasteiger partial charge in [0.25, 0.3) is 0 Å². The third-order valence-electron chi connectivity index (χ3n) is 5.63. The Labute approximate surface area is 173 Å². The van der Waals surface area contributed by atoms with Gasteiger partial charge in [-0.05, 0) is 37.3 Å². The van der Waals surface area contributed by atoms with Crippen LogP contribution in [0.25, 0.3) is 0 Å². The quantitative estimate of drug-likeness (QED) is 0.416. The Balaban J connectivity index is 1.34. The average molecular weight is 403 g/mol. The van der Waals surface area contributed by atoms with Gasteiger partial charge in [0, 0.05) is 49.8 Å². The molecule has 2 N–H and O–H groups in total. The summed E-state index contributed by atoms with van der Waals surface area (Å²) in [5.74, 6) is 2.91. The van der Waals surface area contributed by atoms with Crippen molar-refractivity contribution in [2.75, 3.05) is 32.4 Å². The molecule has 0 bridgehead atoms. The van der Waals surface area contributed by atoms with E-state index in [0.717, 1.165) is 37.6 Å². The highest BCUT2D eigenvalue weighted by Gasteiger charge is 2.25. The van der Waals surface area contributed by atoms with Gasteiger partial charge in [-0.2, -0.15) is 0 Å². The number of hydrogen-bond donors (Lipinski definition) is 2. The molecule has 1 atom stereocenters. The van der Waals surface area contributed by atoms with E-state index in [1.165, 1.54) is 30.6 Å². The molecule has 1 unspecified atom stereocenters. The normalized spacial score (nSPS) is 21.0. The molecule has 1 aliphatic heterocycles. The summed E-state index contributed by atoms with van der Waals surface area (Å²) in [6.45, 7) is 2.72. The summed E-state index contributed by atoms with van der Waals surface area (Å²) in [5, 5.41) is 6.57. The van der Waals surface area contributed by atoms with Crippen molar-refractivity contribution in [2.24, 2.45) is 10.9 Å². The molecule has 2 fully saturated rings. The van der Waals surface area contributed by atoms with Crippen LogP contribution in [0, 0.1) is 5.92 Å². The predicted molar refractivity (Wildman–Crippen MR) is 118 cm³/mol. The lowest BCUT2D eigenvalue weighted by molar-refractivity contribution is -0.121. The van der Waals surface area contributed by atoms with Crippen LogP contribution >= 0.6 is 11.8 Å². The van der Waals surface area contributed by atoms with E-state index in [2.05, 4.69) is 50.9 Å². The van der Waals surface area contributed by atoms with E-state index < -0.39 is 0 Å². The molecule has 1 aromatic carbocycles. The van der Waals surface area contributed by atoms with Gasteiger partial charge in [0.2, 0.25) is 5.91 Å². The number of guanidine groups is 1. The Bertz CT molecular complexity index is 631. The van der Waals surface area contributed by atoms with E-state index >= 15 is 0 Å². The Morgan fingerprint density at radius 3 is 2.71 bits per heavy atom. The zero-order valence-corrected chi connectivity index (χ0v) is 17.8. The number of hydrogen-bond acceptors (Lipinski definition) is 3. The number of benzene rings is 1. The number of carbonyl (C=O) groups is 1. The van der Waals surface area contributed by atoms with Crippen LogP contribution in [0.4, 0.5) is 0 Å². The largest absolute Gasteiger partial charge is 0.356 e. The molecule has 28 heavy (non-hydrogen) atoms. The zero-order chi connectivity index (χ0) is 19.6. The van der Waals surface area contributed by atoms with Crippen LogP contribution in [0.2, 0.25) is 0 Å². The van der Waals surface area contributed by atoms with Gasteiger partial charge in [-0.15, -0.1) is 11.8 Å². The van der Waals surface area contributed by atoms with E-state index in [1.807, 2.05) is 18.8 Å². The molecule has 1 amide bonds. The minimum atomic E-state index is 0.161. The topological polar surface area (TPSA) is 56.7 Å². The first kappa shape index (κ1) is 21.0. The molecule has 1 saturated heterocycles. The molecule has 0 radical (unpaired) electrons. The first-order chi connectivity index (χ1) is 13.7. The SMILES string of the molecule is CN=C(NCCC(=O)NC1CCCCC1)N1CCC(CSc2ccccc2)C1. The molecular weight excluding hydrogens is 368 g/mol. The van der Waals surface area contributed by atoms with Gasteiger partial charge in [0.1, 0.15) is 0 Å². The Morgan fingerprint density at radius 1 is 1.18 bits per heavy atom. The van der Waals surface area contributed by atoms with Crippen molar-refractivity contribution >= 4 is 23.6 Å². The minimum Gasteiger partial charge on any atom is -0.356 e. The second-order valence-corrected chi connectivity index (χ2v) is 8.94. The number of nitrogens with zero attached hydrogens (tertiary/aromatic N) is 2. The molecule has 5 nitrogen and oxygen atoms in total. The molecule has 0 spiro atoms. The van der Waals surface area contributed by atoms with Crippen LogP contribution in [-0.4, -0.2) is 55.2 Å². The molecule has 1 aliphatic carbocycles. The van der Waals surface area contributed by atoms with Crippen molar-refractivity contribution in [3.8, 4) is 0 Å². The van der Waals surface area contributed by atoms with Gasteiger partial charge < -0.3 is 15.5 Å². The highest BCUT2D eigenvalue weighted by Crippen LogP contribution is 2.25. The summed E-state index contributed by atoms with van der Waals surface area (Å²) >= 11 is 1.94. The second-order valence-electron chi connectivity index (χ2n) is 7.85. The van der Waals surface area contributed by atoms with Gasteiger partial charge >= 0.3 is 0 Å². The van der Waals surface area contributed by atoms with Crippen molar-refractivity contribution in [3.05, 3.63) is 30.3 Å². The van der Waals surface area contributed by atoms with Gasteiger partial charge in [0.05, 0.1) is 0 Å². The monoisotopic (exact) mass is 402 g/mol. The lowest BCUT2D eigenvalue weighted by atomic mass is 9.95. The van der Waals surface area contributed by atoms with Crippen LogP contribution in [0.1, 0.15) is 44.9 Å². The van der Waals surface area contributed by atoms with Gasteiger partial charge in [0.15, 0.2) is 5.96 Å². The number of thioether (sulfide) groups is 1. The molecule has 154 valence electrons. The summed E-state index contributed by atoms with van der Waals surface area (Å²) in [7, 11) is 1.83. The summed E-state index contributed by atoms with van der Waals surface area (Å²) in [5.41, 5.74) is 0. The zero-order valence-electron chi connectivity index (χ0n) is 17.0. The Kier molecular flexibility index (Phi) is 8.52. The molecule has 1 saturated carbocycles. The van der Waals surface area contributed by atoms with E-state index in [0.29, 0.717) is 24.9 Å².